The Morgan fingerprint density at radius 2 is 1.81 bits per heavy atom. The lowest BCUT2D eigenvalue weighted by Crippen LogP contribution is -2.26. The topological polar surface area (TPSA) is 97.5 Å². The number of esters is 1. The number of hydrogen-bond acceptors (Lipinski definition) is 5. The minimum absolute atomic E-state index is 0.163. The number of carbonyl (C=O) groups excluding carboxylic acids is 2. The van der Waals surface area contributed by atoms with Crippen molar-refractivity contribution in [3.05, 3.63) is 57.5 Å². The van der Waals surface area contributed by atoms with Crippen molar-refractivity contribution in [2.45, 2.75) is 33.6 Å². The van der Waals surface area contributed by atoms with Gasteiger partial charge in [0, 0.05) is 5.69 Å². The van der Waals surface area contributed by atoms with E-state index < -0.39 is 17.4 Å². The number of amides is 1. The average molecular weight is 372 g/mol. The first-order chi connectivity index (χ1) is 13.0. The largest absolute Gasteiger partial charge is 0.492 e. The van der Waals surface area contributed by atoms with Gasteiger partial charge in [0.1, 0.15) is 11.3 Å². The molecule has 1 aromatic heterocycles. The molecule has 2 rings (SSSR count). The fourth-order valence-electron chi connectivity index (χ4n) is 2.62. The summed E-state index contributed by atoms with van der Waals surface area (Å²) in [7, 11) is 0. The Hall–Kier alpha value is -3.09. The number of aryl methyl sites for hydroxylation is 1. The zero-order valence-electron chi connectivity index (χ0n) is 15.8. The Morgan fingerprint density at radius 1 is 1.07 bits per heavy atom. The van der Waals surface area contributed by atoms with Crippen LogP contribution < -0.4 is 15.6 Å². The number of hydrogen-bond donors (Lipinski definition) is 2. The highest BCUT2D eigenvalue weighted by molar-refractivity contribution is 6.06. The van der Waals surface area contributed by atoms with Gasteiger partial charge in [0.2, 0.25) is 0 Å². The molecule has 0 saturated carbocycles. The second-order valence-electron chi connectivity index (χ2n) is 5.76. The highest BCUT2D eigenvalue weighted by atomic mass is 16.5. The summed E-state index contributed by atoms with van der Waals surface area (Å²) < 4.78 is 10.5. The number of anilines is 1. The molecule has 144 valence electrons. The first-order valence-electron chi connectivity index (χ1n) is 8.98. The lowest BCUT2D eigenvalue weighted by molar-refractivity contribution is 0.0524. The molecular formula is C20H24N2O5. The fraction of sp³-hybridized carbons (Fsp3) is 0.350. The maximum Gasteiger partial charge on any atom is 0.339 e. The van der Waals surface area contributed by atoms with E-state index in [1.165, 1.54) is 6.07 Å². The van der Waals surface area contributed by atoms with Crippen LogP contribution in [0.3, 0.4) is 0 Å². The highest BCUT2D eigenvalue weighted by Gasteiger charge is 2.20. The van der Waals surface area contributed by atoms with E-state index in [0.717, 1.165) is 6.42 Å². The molecule has 1 amide bonds. The molecule has 7 heteroatoms. The van der Waals surface area contributed by atoms with Gasteiger partial charge < -0.3 is 19.8 Å². The summed E-state index contributed by atoms with van der Waals surface area (Å²) in [6.45, 7) is 6.10. The third-order valence-electron chi connectivity index (χ3n) is 3.80. The summed E-state index contributed by atoms with van der Waals surface area (Å²) >= 11 is 0. The SMILES string of the molecule is CCCc1[nH]c(=O)c(C(=O)Nc2ccccc2OCC)cc1C(=O)OCC. The number of rotatable bonds is 8. The van der Waals surface area contributed by atoms with E-state index in [0.29, 0.717) is 30.2 Å². The lowest BCUT2D eigenvalue weighted by atomic mass is 10.1. The molecular weight excluding hydrogens is 348 g/mol. The van der Waals surface area contributed by atoms with Crippen molar-refractivity contribution in [1.29, 1.82) is 0 Å². The molecule has 0 saturated heterocycles. The second-order valence-corrected chi connectivity index (χ2v) is 5.76. The molecule has 2 aromatic rings. The Bertz CT molecular complexity index is 873. The van der Waals surface area contributed by atoms with Gasteiger partial charge in [0.25, 0.3) is 11.5 Å². The van der Waals surface area contributed by atoms with Gasteiger partial charge in [0.05, 0.1) is 24.5 Å². The first kappa shape index (κ1) is 20.2. The summed E-state index contributed by atoms with van der Waals surface area (Å²) in [6, 6.07) is 8.22. The van der Waals surface area contributed by atoms with E-state index in [4.69, 9.17) is 9.47 Å². The van der Waals surface area contributed by atoms with Crippen LogP contribution in [0.1, 0.15) is 53.6 Å². The van der Waals surface area contributed by atoms with Crippen molar-refractivity contribution in [2.75, 3.05) is 18.5 Å². The normalized spacial score (nSPS) is 10.3. The molecule has 2 N–H and O–H groups in total. The number of aromatic amines is 1. The Balaban J connectivity index is 2.40. The van der Waals surface area contributed by atoms with Crippen LogP contribution in [0.2, 0.25) is 0 Å². The van der Waals surface area contributed by atoms with Crippen LogP contribution >= 0.6 is 0 Å². The van der Waals surface area contributed by atoms with Crippen LogP contribution in [-0.4, -0.2) is 30.1 Å². The number of nitrogens with one attached hydrogen (secondary N) is 2. The van der Waals surface area contributed by atoms with Gasteiger partial charge in [-0.05, 0) is 38.5 Å². The third kappa shape index (κ3) is 4.97. The van der Waals surface area contributed by atoms with Crippen LogP contribution in [0.4, 0.5) is 5.69 Å². The first-order valence-corrected chi connectivity index (χ1v) is 8.98. The van der Waals surface area contributed by atoms with E-state index in [1.54, 1.807) is 31.2 Å². The van der Waals surface area contributed by atoms with E-state index in [2.05, 4.69) is 10.3 Å². The molecule has 0 aliphatic carbocycles. The average Bonchev–Trinajstić information content (AvgIpc) is 2.64. The summed E-state index contributed by atoms with van der Waals surface area (Å²) in [5.74, 6) is -0.698. The van der Waals surface area contributed by atoms with Crippen molar-refractivity contribution >= 4 is 17.6 Å². The van der Waals surface area contributed by atoms with E-state index in [1.807, 2.05) is 13.8 Å². The van der Waals surface area contributed by atoms with Gasteiger partial charge in [-0.2, -0.15) is 0 Å². The predicted molar refractivity (Wildman–Crippen MR) is 103 cm³/mol. The summed E-state index contributed by atoms with van der Waals surface area (Å²) in [5, 5.41) is 2.67. The van der Waals surface area contributed by atoms with Gasteiger partial charge in [-0.1, -0.05) is 25.5 Å². The van der Waals surface area contributed by atoms with Gasteiger partial charge in [0.15, 0.2) is 0 Å². The van der Waals surface area contributed by atoms with Crippen molar-refractivity contribution < 1.29 is 19.1 Å². The molecule has 27 heavy (non-hydrogen) atoms. The maximum atomic E-state index is 12.7. The summed E-state index contributed by atoms with van der Waals surface area (Å²) in [6.07, 6.45) is 1.23. The smallest absolute Gasteiger partial charge is 0.339 e. The lowest BCUT2D eigenvalue weighted by Gasteiger charge is -2.13. The minimum atomic E-state index is -0.628. The van der Waals surface area contributed by atoms with Gasteiger partial charge >= 0.3 is 5.97 Å². The third-order valence-corrected chi connectivity index (χ3v) is 3.80. The molecule has 0 atom stereocenters. The van der Waals surface area contributed by atoms with Crippen LogP contribution in [0.5, 0.6) is 5.75 Å². The van der Waals surface area contributed by atoms with Crippen LogP contribution in [0, 0.1) is 0 Å². The quantitative estimate of drug-likeness (QED) is 0.694. The van der Waals surface area contributed by atoms with Crippen molar-refractivity contribution in [2.24, 2.45) is 0 Å². The zero-order chi connectivity index (χ0) is 19.8. The van der Waals surface area contributed by atoms with Crippen LogP contribution in [-0.2, 0) is 11.2 Å². The zero-order valence-corrected chi connectivity index (χ0v) is 15.8. The monoisotopic (exact) mass is 372 g/mol. The van der Waals surface area contributed by atoms with Gasteiger partial charge in [-0.15, -0.1) is 0 Å². The molecule has 7 nitrogen and oxygen atoms in total. The second kappa shape index (κ2) is 9.56. The molecule has 1 aromatic carbocycles. The van der Waals surface area contributed by atoms with Crippen LogP contribution in [0.25, 0.3) is 0 Å². The predicted octanol–water partition coefficient (Wildman–Crippen LogP) is 3.16. The number of pyridine rings is 1. The minimum Gasteiger partial charge on any atom is -0.492 e. The van der Waals surface area contributed by atoms with Crippen molar-refractivity contribution in [3.8, 4) is 5.75 Å². The van der Waals surface area contributed by atoms with Crippen molar-refractivity contribution in [1.82, 2.24) is 4.98 Å². The highest BCUT2D eigenvalue weighted by Crippen LogP contribution is 2.24. The van der Waals surface area contributed by atoms with Crippen LogP contribution in [0.15, 0.2) is 35.1 Å². The van der Waals surface area contributed by atoms with Gasteiger partial charge in [-0.25, -0.2) is 4.79 Å². The molecule has 0 bridgehead atoms. The molecule has 1 heterocycles. The Morgan fingerprint density at radius 3 is 2.48 bits per heavy atom. The van der Waals surface area contributed by atoms with E-state index in [9.17, 15) is 14.4 Å². The number of H-pyrrole nitrogens is 1. The standard InChI is InChI=1S/C20H24N2O5/c1-4-9-15-13(20(25)27-6-3)12-14(18(23)21-15)19(24)22-16-10-7-8-11-17(16)26-5-2/h7-8,10-12H,4-6,9H2,1-3H3,(H,21,23)(H,22,24). The fourth-order valence-corrected chi connectivity index (χ4v) is 2.62. The maximum absolute atomic E-state index is 12.7. The van der Waals surface area contributed by atoms with E-state index in [-0.39, 0.29) is 17.7 Å². The molecule has 0 aliphatic rings. The van der Waals surface area contributed by atoms with E-state index >= 15 is 0 Å². The number of aromatic nitrogens is 1. The Labute approximate surface area is 157 Å². The van der Waals surface area contributed by atoms with Crippen molar-refractivity contribution in [3.63, 3.8) is 0 Å². The molecule has 0 aliphatic heterocycles. The number of benzene rings is 1. The molecule has 0 spiro atoms. The molecule has 0 fully saturated rings. The Kier molecular flexibility index (Phi) is 7.16. The number of ether oxygens (including phenoxy) is 2. The number of para-hydroxylation sites is 2. The summed E-state index contributed by atoms with van der Waals surface area (Å²) in [5.41, 5.74) is 0.384. The summed E-state index contributed by atoms with van der Waals surface area (Å²) in [4.78, 5) is 39.9. The molecule has 0 radical (unpaired) electrons. The number of carbonyl (C=O) groups is 2. The molecule has 0 unspecified atom stereocenters. The van der Waals surface area contributed by atoms with Gasteiger partial charge in [-0.3, -0.25) is 9.59 Å².